The highest BCUT2D eigenvalue weighted by molar-refractivity contribution is 6.04. The first-order chi connectivity index (χ1) is 9.95. The van der Waals surface area contributed by atoms with Crippen molar-refractivity contribution in [2.45, 2.75) is 20.8 Å². The molecule has 108 valence electrons. The Labute approximate surface area is 124 Å². The van der Waals surface area contributed by atoms with Crippen LogP contribution in [0.1, 0.15) is 28.4 Å². The molecule has 0 radical (unpaired) electrons. The van der Waals surface area contributed by atoms with Crippen LogP contribution in [0.5, 0.6) is 0 Å². The zero-order valence-electron chi connectivity index (χ0n) is 12.4. The van der Waals surface area contributed by atoms with Gasteiger partial charge >= 0.3 is 0 Å². The van der Waals surface area contributed by atoms with Crippen molar-refractivity contribution in [3.63, 3.8) is 0 Å². The van der Waals surface area contributed by atoms with Crippen LogP contribution in [0, 0.1) is 13.8 Å². The van der Waals surface area contributed by atoms with E-state index in [1.807, 2.05) is 38.1 Å². The maximum Gasteiger partial charge on any atom is 0.255 e. The number of carbonyl (C=O) groups excluding carboxylic acids is 2. The molecule has 0 unspecified atom stereocenters. The standard InChI is InChI=1S/C17H18N2O2/c1-11-5-4-6-14(9-11)17(21)19-15-7-8-16(12(2)10-15)18-13(3)20/h4-10H,1-3H3,(H,18,20)(H,19,21). The summed E-state index contributed by atoms with van der Waals surface area (Å²) in [6, 6.07) is 12.8. The minimum absolute atomic E-state index is 0.116. The minimum atomic E-state index is -0.148. The molecule has 0 bridgehead atoms. The van der Waals surface area contributed by atoms with Crippen molar-refractivity contribution in [1.82, 2.24) is 0 Å². The number of amides is 2. The Hall–Kier alpha value is -2.62. The molecule has 0 aliphatic heterocycles. The van der Waals surface area contributed by atoms with Crippen LogP contribution in [0.25, 0.3) is 0 Å². The van der Waals surface area contributed by atoms with Gasteiger partial charge in [-0.3, -0.25) is 9.59 Å². The maximum absolute atomic E-state index is 12.2. The molecule has 0 heterocycles. The Bertz CT molecular complexity index is 693. The van der Waals surface area contributed by atoms with Gasteiger partial charge < -0.3 is 10.6 Å². The zero-order chi connectivity index (χ0) is 15.4. The van der Waals surface area contributed by atoms with Crippen LogP contribution in [0.2, 0.25) is 0 Å². The zero-order valence-corrected chi connectivity index (χ0v) is 12.4. The third kappa shape index (κ3) is 3.92. The molecular formula is C17H18N2O2. The van der Waals surface area contributed by atoms with Gasteiger partial charge in [0.2, 0.25) is 5.91 Å². The Morgan fingerprint density at radius 1 is 0.952 bits per heavy atom. The summed E-state index contributed by atoms with van der Waals surface area (Å²) >= 11 is 0. The molecule has 0 atom stereocenters. The van der Waals surface area contributed by atoms with Crippen LogP contribution in [0.15, 0.2) is 42.5 Å². The van der Waals surface area contributed by atoms with E-state index in [0.717, 1.165) is 16.8 Å². The van der Waals surface area contributed by atoms with Crippen molar-refractivity contribution < 1.29 is 9.59 Å². The lowest BCUT2D eigenvalue weighted by Crippen LogP contribution is -2.12. The lowest BCUT2D eigenvalue weighted by molar-refractivity contribution is -0.114. The molecule has 0 saturated carbocycles. The van der Waals surface area contributed by atoms with Crippen LogP contribution in [0.3, 0.4) is 0 Å². The molecule has 2 rings (SSSR count). The summed E-state index contributed by atoms with van der Waals surface area (Å²) in [4.78, 5) is 23.2. The Balaban J connectivity index is 2.15. The van der Waals surface area contributed by atoms with Crippen LogP contribution in [-0.2, 0) is 4.79 Å². The van der Waals surface area contributed by atoms with Gasteiger partial charge in [-0.05, 0) is 49.7 Å². The highest BCUT2D eigenvalue weighted by Crippen LogP contribution is 2.20. The quantitative estimate of drug-likeness (QED) is 0.905. The number of carbonyl (C=O) groups is 2. The molecule has 0 saturated heterocycles. The van der Waals surface area contributed by atoms with Gasteiger partial charge in [0.05, 0.1) is 0 Å². The highest BCUT2D eigenvalue weighted by Gasteiger charge is 2.07. The van der Waals surface area contributed by atoms with E-state index in [2.05, 4.69) is 10.6 Å². The van der Waals surface area contributed by atoms with E-state index < -0.39 is 0 Å². The van der Waals surface area contributed by atoms with E-state index in [0.29, 0.717) is 11.3 Å². The fraction of sp³-hybridized carbons (Fsp3) is 0.176. The SMILES string of the molecule is CC(=O)Nc1ccc(NC(=O)c2cccc(C)c2)cc1C. The van der Waals surface area contributed by atoms with Crippen LogP contribution in [0.4, 0.5) is 11.4 Å². The topological polar surface area (TPSA) is 58.2 Å². The monoisotopic (exact) mass is 282 g/mol. The first kappa shape index (κ1) is 14.8. The van der Waals surface area contributed by atoms with Gasteiger partial charge in [-0.1, -0.05) is 17.7 Å². The molecule has 2 amide bonds. The van der Waals surface area contributed by atoms with E-state index in [1.54, 1.807) is 18.2 Å². The average Bonchev–Trinajstić information content (AvgIpc) is 2.41. The molecular weight excluding hydrogens is 264 g/mol. The average molecular weight is 282 g/mol. The molecule has 0 aliphatic rings. The van der Waals surface area contributed by atoms with Crippen molar-refractivity contribution in [2.75, 3.05) is 10.6 Å². The summed E-state index contributed by atoms with van der Waals surface area (Å²) in [6.07, 6.45) is 0. The van der Waals surface area contributed by atoms with Crippen molar-refractivity contribution in [3.05, 3.63) is 59.2 Å². The highest BCUT2D eigenvalue weighted by atomic mass is 16.2. The van der Waals surface area contributed by atoms with Crippen molar-refractivity contribution in [2.24, 2.45) is 0 Å². The molecule has 0 aromatic heterocycles. The number of rotatable bonds is 3. The molecule has 0 aliphatic carbocycles. The molecule has 0 spiro atoms. The summed E-state index contributed by atoms with van der Waals surface area (Å²) in [7, 11) is 0. The Morgan fingerprint density at radius 2 is 1.71 bits per heavy atom. The van der Waals surface area contributed by atoms with Crippen molar-refractivity contribution in [3.8, 4) is 0 Å². The van der Waals surface area contributed by atoms with E-state index in [9.17, 15) is 9.59 Å². The molecule has 21 heavy (non-hydrogen) atoms. The molecule has 4 nitrogen and oxygen atoms in total. The van der Waals surface area contributed by atoms with Gasteiger partial charge in [-0.25, -0.2) is 0 Å². The Morgan fingerprint density at radius 3 is 2.33 bits per heavy atom. The first-order valence-electron chi connectivity index (χ1n) is 6.72. The lowest BCUT2D eigenvalue weighted by atomic mass is 10.1. The third-order valence-corrected chi connectivity index (χ3v) is 3.08. The summed E-state index contributed by atoms with van der Waals surface area (Å²) in [5.74, 6) is -0.264. The normalized spacial score (nSPS) is 10.0. The van der Waals surface area contributed by atoms with Gasteiger partial charge in [0.15, 0.2) is 0 Å². The lowest BCUT2D eigenvalue weighted by Gasteiger charge is -2.10. The number of hydrogen-bond donors (Lipinski definition) is 2. The second-order valence-electron chi connectivity index (χ2n) is 5.03. The van der Waals surface area contributed by atoms with E-state index in [1.165, 1.54) is 6.92 Å². The maximum atomic E-state index is 12.2. The second-order valence-corrected chi connectivity index (χ2v) is 5.03. The van der Waals surface area contributed by atoms with Gasteiger partial charge in [-0.15, -0.1) is 0 Å². The number of anilines is 2. The predicted octanol–water partition coefficient (Wildman–Crippen LogP) is 3.51. The van der Waals surface area contributed by atoms with Gasteiger partial charge in [0.25, 0.3) is 5.91 Å². The molecule has 4 heteroatoms. The first-order valence-corrected chi connectivity index (χ1v) is 6.72. The molecule has 2 aromatic rings. The van der Waals surface area contributed by atoms with E-state index >= 15 is 0 Å². The smallest absolute Gasteiger partial charge is 0.255 e. The van der Waals surface area contributed by atoms with Crippen molar-refractivity contribution in [1.29, 1.82) is 0 Å². The van der Waals surface area contributed by atoms with E-state index in [4.69, 9.17) is 0 Å². The fourth-order valence-corrected chi connectivity index (χ4v) is 2.06. The van der Waals surface area contributed by atoms with Gasteiger partial charge in [0.1, 0.15) is 0 Å². The number of benzene rings is 2. The fourth-order valence-electron chi connectivity index (χ4n) is 2.06. The number of nitrogens with one attached hydrogen (secondary N) is 2. The van der Waals surface area contributed by atoms with Gasteiger partial charge in [-0.2, -0.15) is 0 Å². The number of hydrogen-bond acceptors (Lipinski definition) is 2. The molecule has 2 aromatic carbocycles. The summed E-state index contributed by atoms with van der Waals surface area (Å²) < 4.78 is 0. The molecule has 2 N–H and O–H groups in total. The third-order valence-electron chi connectivity index (χ3n) is 3.08. The van der Waals surface area contributed by atoms with E-state index in [-0.39, 0.29) is 11.8 Å². The second kappa shape index (κ2) is 6.22. The minimum Gasteiger partial charge on any atom is -0.326 e. The predicted molar refractivity (Wildman–Crippen MR) is 84.6 cm³/mol. The number of aryl methyl sites for hydroxylation is 2. The van der Waals surface area contributed by atoms with Crippen LogP contribution in [-0.4, -0.2) is 11.8 Å². The van der Waals surface area contributed by atoms with Crippen LogP contribution >= 0.6 is 0 Å². The van der Waals surface area contributed by atoms with Crippen LogP contribution < -0.4 is 10.6 Å². The summed E-state index contributed by atoms with van der Waals surface area (Å²) in [5.41, 5.74) is 4.01. The Kier molecular flexibility index (Phi) is 4.38. The summed E-state index contributed by atoms with van der Waals surface area (Å²) in [6.45, 7) is 5.30. The summed E-state index contributed by atoms with van der Waals surface area (Å²) in [5, 5.41) is 5.60. The molecule has 0 fully saturated rings. The van der Waals surface area contributed by atoms with Gasteiger partial charge in [0, 0.05) is 23.9 Å². The largest absolute Gasteiger partial charge is 0.326 e. The van der Waals surface area contributed by atoms with Crippen molar-refractivity contribution >= 4 is 23.2 Å².